The first kappa shape index (κ1) is 12.9. The maximum atomic E-state index is 12.2. The highest BCUT2D eigenvalue weighted by atomic mass is 35.5. The largest absolute Gasteiger partial charge is 0.489 e. The third kappa shape index (κ3) is 3.77. The molecule has 0 aliphatic rings. The Labute approximate surface area is 96.5 Å². The molecule has 0 fully saturated rings. The molecule has 0 saturated heterocycles. The van der Waals surface area contributed by atoms with Crippen molar-refractivity contribution in [2.24, 2.45) is 0 Å². The molecule has 0 atom stereocenters. The Morgan fingerprint density at radius 3 is 2.25 bits per heavy atom. The van der Waals surface area contributed by atoms with Gasteiger partial charge in [-0.3, -0.25) is 0 Å². The molecule has 16 heavy (non-hydrogen) atoms. The summed E-state index contributed by atoms with van der Waals surface area (Å²) in [5.74, 6) is 0.625. The van der Waals surface area contributed by atoms with Crippen LogP contribution in [0.4, 0.5) is 13.2 Å². The van der Waals surface area contributed by atoms with Gasteiger partial charge in [-0.15, -0.1) is 11.6 Å². The van der Waals surface area contributed by atoms with Crippen LogP contribution in [-0.4, -0.2) is 12.5 Å². The molecule has 1 rings (SSSR count). The van der Waals surface area contributed by atoms with Gasteiger partial charge < -0.3 is 4.74 Å². The normalized spacial score (nSPS) is 11.2. The zero-order valence-electron chi connectivity index (χ0n) is 8.35. The van der Waals surface area contributed by atoms with Crippen LogP contribution in [0.2, 0.25) is 0 Å². The van der Waals surface area contributed by atoms with Crippen LogP contribution in [-0.2, 0) is 6.18 Å². The minimum absolute atomic E-state index is 0.203. The molecule has 0 aliphatic carbocycles. The average Bonchev–Trinajstić information content (AvgIpc) is 2.25. The molecule has 0 bridgehead atoms. The lowest BCUT2D eigenvalue weighted by molar-refractivity contribution is -0.137. The van der Waals surface area contributed by atoms with E-state index in [4.69, 9.17) is 16.3 Å². The second-order valence-electron chi connectivity index (χ2n) is 3.19. The van der Waals surface area contributed by atoms with Crippen molar-refractivity contribution in [2.75, 3.05) is 12.5 Å². The van der Waals surface area contributed by atoms with Crippen LogP contribution in [0.5, 0.6) is 5.75 Å². The molecule has 0 N–H and O–H groups in total. The number of rotatable bonds is 4. The summed E-state index contributed by atoms with van der Waals surface area (Å²) in [5, 5.41) is 0. The Morgan fingerprint density at radius 1 is 1.25 bits per heavy atom. The molecule has 0 radical (unpaired) electrons. The van der Waals surface area contributed by atoms with Gasteiger partial charge in [0.25, 0.3) is 0 Å². The van der Waals surface area contributed by atoms with E-state index in [-0.39, 0.29) is 12.5 Å². The highest BCUT2D eigenvalue weighted by Crippen LogP contribution is 2.30. The first-order valence-electron chi connectivity index (χ1n) is 4.46. The summed E-state index contributed by atoms with van der Waals surface area (Å²) in [7, 11) is 0. The first-order chi connectivity index (χ1) is 7.43. The van der Waals surface area contributed by atoms with E-state index in [0.29, 0.717) is 11.3 Å². The number of hydrogen-bond donors (Lipinski definition) is 0. The summed E-state index contributed by atoms with van der Waals surface area (Å²) in [5.41, 5.74) is -0.0300. The lowest BCUT2D eigenvalue weighted by Crippen LogP contribution is -2.05. The van der Waals surface area contributed by atoms with E-state index in [2.05, 4.69) is 6.58 Å². The van der Waals surface area contributed by atoms with Crippen molar-refractivity contribution < 1.29 is 17.9 Å². The van der Waals surface area contributed by atoms with Crippen molar-refractivity contribution in [1.29, 1.82) is 0 Å². The summed E-state index contributed by atoms with van der Waals surface area (Å²) in [4.78, 5) is 0. The van der Waals surface area contributed by atoms with Gasteiger partial charge in [0, 0.05) is 5.88 Å². The monoisotopic (exact) mass is 250 g/mol. The predicted molar refractivity (Wildman–Crippen MR) is 56.8 cm³/mol. The Morgan fingerprint density at radius 2 is 1.81 bits per heavy atom. The molecule has 0 aliphatic heterocycles. The topological polar surface area (TPSA) is 9.23 Å². The maximum Gasteiger partial charge on any atom is 0.416 e. The number of benzene rings is 1. The third-order valence-corrected chi connectivity index (χ3v) is 2.19. The van der Waals surface area contributed by atoms with Crippen LogP contribution in [0.15, 0.2) is 36.4 Å². The fraction of sp³-hybridized carbons (Fsp3) is 0.273. The van der Waals surface area contributed by atoms with Gasteiger partial charge in [0.1, 0.15) is 12.4 Å². The Kier molecular flexibility index (Phi) is 4.24. The van der Waals surface area contributed by atoms with Crippen LogP contribution < -0.4 is 4.74 Å². The fourth-order valence-electron chi connectivity index (χ4n) is 0.964. The van der Waals surface area contributed by atoms with Gasteiger partial charge in [-0.05, 0) is 29.8 Å². The maximum absolute atomic E-state index is 12.2. The molecular formula is C11H10ClF3O. The molecule has 1 aromatic carbocycles. The Balaban J connectivity index is 2.62. The summed E-state index contributed by atoms with van der Waals surface area (Å²) >= 11 is 5.47. The van der Waals surface area contributed by atoms with Crippen LogP contribution in [0.3, 0.4) is 0 Å². The van der Waals surface area contributed by atoms with E-state index in [1.807, 2.05) is 0 Å². The summed E-state index contributed by atoms with van der Waals surface area (Å²) in [6, 6.07) is 4.48. The summed E-state index contributed by atoms with van der Waals surface area (Å²) in [6.07, 6.45) is -4.32. The molecule has 88 valence electrons. The van der Waals surface area contributed by atoms with Gasteiger partial charge in [0.2, 0.25) is 0 Å². The smallest absolute Gasteiger partial charge is 0.416 e. The first-order valence-corrected chi connectivity index (χ1v) is 4.99. The second kappa shape index (κ2) is 5.25. The molecule has 0 aromatic heterocycles. The molecule has 0 saturated carbocycles. The Hall–Kier alpha value is -1.16. The highest BCUT2D eigenvalue weighted by molar-refractivity contribution is 6.19. The molecule has 0 heterocycles. The molecule has 5 heteroatoms. The van der Waals surface area contributed by atoms with Crippen LogP contribution in [0, 0.1) is 0 Å². The van der Waals surface area contributed by atoms with Gasteiger partial charge in [0.15, 0.2) is 0 Å². The predicted octanol–water partition coefficient (Wildman–Crippen LogP) is 3.88. The Bertz CT molecular complexity index is 356. The van der Waals surface area contributed by atoms with Crippen molar-refractivity contribution in [3.05, 3.63) is 42.0 Å². The highest BCUT2D eigenvalue weighted by Gasteiger charge is 2.29. The van der Waals surface area contributed by atoms with Crippen molar-refractivity contribution >= 4 is 11.6 Å². The van der Waals surface area contributed by atoms with E-state index in [9.17, 15) is 13.2 Å². The quantitative estimate of drug-likeness (QED) is 0.582. The van der Waals surface area contributed by atoms with Gasteiger partial charge in [-0.1, -0.05) is 6.58 Å². The van der Waals surface area contributed by atoms with Gasteiger partial charge >= 0.3 is 6.18 Å². The van der Waals surface area contributed by atoms with E-state index in [1.165, 1.54) is 12.1 Å². The van der Waals surface area contributed by atoms with E-state index < -0.39 is 11.7 Å². The minimum atomic E-state index is -4.32. The average molecular weight is 251 g/mol. The molecule has 1 aromatic rings. The van der Waals surface area contributed by atoms with Crippen LogP contribution in [0.25, 0.3) is 0 Å². The van der Waals surface area contributed by atoms with Crippen LogP contribution in [0.1, 0.15) is 5.56 Å². The van der Waals surface area contributed by atoms with Gasteiger partial charge in [0.05, 0.1) is 5.56 Å². The number of halogens is 4. The SMILES string of the molecule is C=C(CCl)COc1ccc(C(F)(F)F)cc1. The number of alkyl halides is 4. The zero-order chi connectivity index (χ0) is 12.2. The second-order valence-corrected chi connectivity index (χ2v) is 3.46. The molecule has 0 unspecified atom stereocenters. The molecule has 0 amide bonds. The standard InChI is InChI=1S/C11H10ClF3O/c1-8(6-12)7-16-10-4-2-9(3-5-10)11(13,14)15/h2-5H,1,6-7H2. The molecular weight excluding hydrogens is 241 g/mol. The van der Waals surface area contributed by atoms with E-state index in [1.54, 1.807) is 0 Å². The van der Waals surface area contributed by atoms with Crippen molar-refractivity contribution in [3.8, 4) is 5.75 Å². The summed E-state index contributed by atoms with van der Waals surface area (Å²) < 4.78 is 41.8. The van der Waals surface area contributed by atoms with Crippen molar-refractivity contribution in [2.45, 2.75) is 6.18 Å². The molecule has 0 spiro atoms. The lowest BCUT2D eigenvalue weighted by Gasteiger charge is -2.09. The lowest BCUT2D eigenvalue weighted by atomic mass is 10.2. The minimum Gasteiger partial charge on any atom is -0.489 e. The van der Waals surface area contributed by atoms with Crippen LogP contribution >= 0.6 is 11.6 Å². The van der Waals surface area contributed by atoms with Gasteiger partial charge in [-0.2, -0.15) is 13.2 Å². The number of ether oxygens (including phenoxy) is 1. The van der Waals surface area contributed by atoms with E-state index >= 15 is 0 Å². The van der Waals surface area contributed by atoms with E-state index in [0.717, 1.165) is 12.1 Å². The molecule has 1 nitrogen and oxygen atoms in total. The van der Waals surface area contributed by atoms with Crippen molar-refractivity contribution in [3.63, 3.8) is 0 Å². The fourth-order valence-corrected chi connectivity index (χ4v) is 1.04. The van der Waals surface area contributed by atoms with Crippen molar-refractivity contribution in [1.82, 2.24) is 0 Å². The number of hydrogen-bond acceptors (Lipinski definition) is 1. The zero-order valence-corrected chi connectivity index (χ0v) is 9.11. The van der Waals surface area contributed by atoms with Gasteiger partial charge in [-0.25, -0.2) is 0 Å². The third-order valence-electron chi connectivity index (χ3n) is 1.81. The summed E-state index contributed by atoms with van der Waals surface area (Å²) in [6.45, 7) is 3.81.